The van der Waals surface area contributed by atoms with Crippen LogP contribution in [0.1, 0.15) is 18.2 Å². The van der Waals surface area contributed by atoms with Gasteiger partial charge in [0.05, 0.1) is 0 Å². The van der Waals surface area contributed by atoms with Gasteiger partial charge in [0, 0.05) is 17.8 Å². The Balaban J connectivity index is 1.16. The Hall–Kier alpha value is -6.32. The molecule has 0 aliphatic heterocycles. The molecule has 49 heavy (non-hydrogen) atoms. The normalized spacial score (nSPS) is 14.5. The molecule has 0 amide bonds. The molecule has 0 saturated carbocycles. The first-order valence-corrected chi connectivity index (χ1v) is 16.9. The lowest BCUT2D eigenvalue weighted by molar-refractivity contribution is 0.756. The molecule has 1 aliphatic rings. The molecular weight excluding hydrogens is 595 g/mol. The molecule has 0 bridgehead atoms. The van der Waals surface area contributed by atoms with Crippen molar-refractivity contribution in [2.45, 2.75) is 12.3 Å². The number of benzene rings is 7. The topological polar surface area (TPSA) is 30.7 Å². The molecule has 1 unspecified atom stereocenters. The molecule has 1 atom stereocenters. The van der Waals surface area contributed by atoms with Gasteiger partial charge in [-0.05, 0) is 114 Å². The molecule has 0 radical (unpaired) electrons. The number of allylic oxidation sites excluding steroid dienone is 4. The van der Waals surface area contributed by atoms with E-state index in [0.29, 0.717) is 0 Å². The fraction of sp³-hybridized carbons (Fsp3) is 0.0435. The Kier molecular flexibility index (Phi) is 6.31. The van der Waals surface area contributed by atoms with Crippen LogP contribution in [0.5, 0.6) is 0 Å². The summed E-state index contributed by atoms with van der Waals surface area (Å²) in [6.45, 7) is 0. The molecule has 3 nitrogen and oxygen atoms in total. The molecule has 230 valence electrons. The highest BCUT2D eigenvalue weighted by Gasteiger charge is 2.21. The number of hydrogen-bond donors (Lipinski definition) is 0. The lowest BCUT2D eigenvalue weighted by Gasteiger charge is -2.17. The van der Waals surface area contributed by atoms with Gasteiger partial charge in [0.2, 0.25) is 0 Å². The maximum Gasteiger partial charge on any atom is 0.164 e. The summed E-state index contributed by atoms with van der Waals surface area (Å²) in [5, 5.41) is 10.1. The lowest BCUT2D eigenvalue weighted by atomic mass is 9.87. The Labute approximate surface area is 284 Å². The van der Waals surface area contributed by atoms with Gasteiger partial charge in [-0.15, -0.1) is 0 Å². The molecule has 7 aromatic carbocycles. The van der Waals surface area contributed by atoms with Gasteiger partial charge in [0.1, 0.15) is 11.3 Å². The van der Waals surface area contributed by atoms with Crippen LogP contribution in [-0.2, 0) is 0 Å². The smallest absolute Gasteiger partial charge is 0.164 e. The van der Waals surface area contributed by atoms with Crippen molar-refractivity contribution in [3.8, 4) is 27.9 Å². The van der Waals surface area contributed by atoms with Gasteiger partial charge >= 0.3 is 0 Å². The second-order valence-corrected chi connectivity index (χ2v) is 13.0. The summed E-state index contributed by atoms with van der Waals surface area (Å²) in [5.74, 6) is 1.22. The van der Waals surface area contributed by atoms with E-state index < -0.39 is 0 Å². The van der Waals surface area contributed by atoms with Gasteiger partial charge in [-0.2, -0.15) is 0 Å². The summed E-state index contributed by atoms with van der Waals surface area (Å²) in [5.41, 5.74) is 7.78. The summed E-state index contributed by atoms with van der Waals surface area (Å²) in [4.78, 5) is 9.82. The quantitative estimate of drug-likeness (QED) is 0.182. The van der Waals surface area contributed by atoms with Crippen LogP contribution in [0.3, 0.4) is 0 Å². The molecule has 1 aliphatic carbocycles. The van der Waals surface area contributed by atoms with E-state index in [4.69, 9.17) is 9.97 Å². The zero-order valence-electron chi connectivity index (χ0n) is 26.8. The summed E-state index contributed by atoms with van der Waals surface area (Å²) in [6.07, 6.45) is 11.5. The van der Waals surface area contributed by atoms with Crippen molar-refractivity contribution in [3.63, 3.8) is 0 Å². The van der Waals surface area contributed by atoms with Gasteiger partial charge in [0.15, 0.2) is 5.65 Å². The van der Waals surface area contributed by atoms with Crippen LogP contribution in [0.2, 0.25) is 0 Å². The Morgan fingerprint density at radius 3 is 1.90 bits per heavy atom. The average molecular weight is 626 g/mol. The average Bonchev–Trinajstić information content (AvgIpc) is 3.57. The first-order valence-electron chi connectivity index (χ1n) is 16.9. The van der Waals surface area contributed by atoms with Gasteiger partial charge in [-0.1, -0.05) is 121 Å². The van der Waals surface area contributed by atoms with Crippen molar-refractivity contribution in [1.29, 1.82) is 0 Å². The van der Waals surface area contributed by atoms with Crippen molar-refractivity contribution >= 4 is 54.3 Å². The standard InChI is InChI=1S/C46H31N3/c1-2-12-32(13-3-1)45-48-44-19-10-26-47-46(44)49(45)35-24-22-31(23-25-35)40-28-42-39-18-9-7-16-37(39)41(29-43(42)38-17-8-6-15-36(38)40)34-21-20-30-11-4-5-14-33(30)27-34/h1-12,14-29,32H,13H2. The summed E-state index contributed by atoms with van der Waals surface area (Å²) >= 11 is 0. The SMILES string of the molecule is C1=CCC(c2nc3cccnc3n2-c2ccc(-c3cc4c5ccccc5c(-c5ccc6ccccc6c5)cc4c4ccccc34)cc2)C=C1. The predicted octanol–water partition coefficient (Wildman–Crippen LogP) is 12.0. The van der Waals surface area contributed by atoms with Crippen molar-refractivity contribution in [2.24, 2.45) is 0 Å². The van der Waals surface area contributed by atoms with E-state index in [-0.39, 0.29) is 5.92 Å². The largest absolute Gasteiger partial charge is 0.280 e. The molecule has 0 saturated heterocycles. The van der Waals surface area contributed by atoms with E-state index in [2.05, 4.69) is 162 Å². The molecular formula is C46H31N3. The van der Waals surface area contributed by atoms with E-state index in [1.54, 1.807) is 0 Å². The van der Waals surface area contributed by atoms with Crippen molar-refractivity contribution < 1.29 is 0 Å². The first kappa shape index (κ1) is 27.8. The zero-order valence-corrected chi connectivity index (χ0v) is 26.8. The van der Waals surface area contributed by atoms with Gasteiger partial charge in [0.25, 0.3) is 0 Å². The molecule has 9 aromatic rings. The summed E-state index contributed by atoms with van der Waals surface area (Å²) in [6, 6.07) is 50.9. The van der Waals surface area contributed by atoms with Crippen LogP contribution in [0.25, 0.3) is 82.2 Å². The zero-order chi connectivity index (χ0) is 32.3. The van der Waals surface area contributed by atoms with E-state index in [0.717, 1.165) is 29.1 Å². The van der Waals surface area contributed by atoms with Crippen molar-refractivity contribution in [3.05, 3.63) is 176 Å². The predicted molar refractivity (Wildman–Crippen MR) is 205 cm³/mol. The number of fused-ring (bicyclic) bond motifs is 7. The Morgan fingerprint density at radius 2 is 1.18 bits per heavy atom. The van der Waals surface area contributed by atoms with Crippen molar-refractivity contribution in [1.82, 2.24) is 14.5 Å². The Bertz CT molecular complexity index is 2800. The third kappa shape index (κ3) is 4.51. The molecule has 3 heteroatoms. The maximum absolute atomic E-state index is 5.06. The minimum atomic E-state index is 0.205. The second-order valence-electron chi connectivity index (χ2n) is 13.0. The van der Waals surface area contributed by atoms with E-state index in [9.17, 15) is 0 Å². The number of rotatable bonds is 4. The van der Waals surface area contributed by atoms with Crippen LogP contribution in [-0.4, -0.2) is 14.5 Å². The molecule has 2 aromatic heterocycles. The van der Waals surface area contributed by atoms with Crippen LogP contribution in [0, 0.1) is 0 Å². The van der Waals surface area contributed by atoms with Crippen LogP contribution >= 0.6 is 0 Å². The summed E-state index contributed by atoms with van der Waals surface area (Å²) < 4.78 is 2.23. The molecule has 2 heterocycles. The number of aromatic nitrogens is 3. The van der Waals surface area contributed by atoms with Crippen LogP contribution in [0.15, 0.2) is 170 Å². The number of nitrogens with zero attached hydrogens (tertiary/aromatic N) is 3. The lowest BCUT2D eigenvalue weighted by Crippen LogP contribution is -2.07. The fourth-order valence-electron chi connectivity index (χ4n) is 7.78. The molecule has 10 rings (SSSR count). The van der Waals surface area contributed by atoms with Gasteiger partial charge in [-0.3, -0.25) is 4.57 Å². The number of hydrogen-bond acceptors (Lipinski definition) is 2. The highest BCUT2D eigenvalue weighted by atomic mass is 15.1. The first-order chi connectivity index (χ1) is 24.3. The van der Waals surface area contributed by atoms with E-state index in [1.807, 2.05) is 12.3 Å². The number of imidazole rings is 1. The highest BCUT2D eigenvalue weighted by molar-refractivity contribution is 6.24. The minimum absolute atomic E-state index is 0.205. The van der Waals surface area contributed by atoms with Gasteiger partial charge < -0.3 is 0 Å². The highest BCUT2D eigenvalue weighted by Crippen LogP contribution is 2.42. The maximum atomic E-state index is 5.06. The van der Waals surface area contributed by atoms with Crippen LogP contribution < -0.4 is 0 Å². The third-order valence-electron chi connectivity index (χ3n) is 10.1. The van der Waals surface area contributed by atoms with E-state index >= 15 is 0 Å². The molecule has 0 fully saturated rings. The number of pyridine rings is 1. The van der Waals surface area contributed by atoms with Gasteiger partial charge in [-0.25, -0.2) is 9.97 Å². The second kappa shape index (κ2) is 11.1. The minimum Gasteiger partial charge on any atom is -0.280 e. The fourth-order valence-corrected chi connectivity index (χ4v) is 7.78. The van der Waals surface area contributed by atoms with Crippen molar-refractivity contribution in [2.75, 3.05) is 0 Å². The van der Waals surface area contributed by atoms with Crippen LogP contribution in [0.4, 0.5) is 0 Å². The monoisotopic (exact) mass is 625 g/mol. The van der Waals surface area contributed by atoms with E-state index in [1.165, 1.54) is 65.3 Å². The Morgan fingerprint density at radius 1 is 0.531 bits per heavy atom. The third-order valence-corrected chi connectivity index (χ3v) is 10.1. The molecule has 0 spiro atoms. The summed E-state index contributed by atoms with van der Waals surface area (Å²) in [7, 11) is 0. The molecule has 0 N–H and O–H groups in total.